The third-order valence-corrected chi connectivity index (χ3v) is 6.56. The summed E-state index contributed by atoms with van der Waals surface area (Å²) in [5.74, 6) is 4.46. The van der Waals surface area contributed by atoms with Crippen molar-refractivity contribution in [3.63, 3.8) is 0 Å². The molecule has 102 valence electrons. The Hall–Kier alpha value is -0.220. The van der Waals surface area contributed by atoms with Crippen LogP contribution in [0.15, 0.2) is 16.6 Å². The van der Waals surface area contributed by atoms with Crippen molar-refractivity contribution >= 4 is 31.9 Å². The molecule has 1 aromatic carbocycles. The summed E-state index contributed by atoms with van der Waals surface area (Å²) < 4.78 is 12.4. The van der Waals surface area contributed by atoms with Crippen molar-refractivity contribution < 1.29 is 9.47 Å². The van der Waals surface area contributed by atoms with Crippen LogP contribution in [-0.4, -0.2) is 13.2 Å². The van der Waals surface area contributed by atoms with Gasteiger partial charge in [0, 0.05) is 9.30 Å². The molecule has 3 atom stereocenters. The first-order valence-electron chi connectivity index (χ1n) is 6.99. The molecule has 0 amide bonds. The van der Waals surface area contributed by atoms with E-state index in [-0.39, 0.29) is 0 Å². The highest BCUT2D eigenvalue weighted by molar-refractivity contribution is 9.11. The Kier molecular flexibility index (Phi) is 3.07. The third kappa shape index (κ3) is 2.02. The molecule has 0 radical (unpaired) electrons. The molecule has 2 saturated carbocycles. The Balaban J connectivity index is 1.63. The SMILES string of the molecule is Brc1cc2c(cc1C(Br)C1C3CCCC31)OCCO2. The predicted octanol–water partition coefficient (Wildman–Crippen LogP) is 4.70. The lowest BCUT2D eigenvalue weighted by molar-refractivity contribution is 0.171. The van der Waals surface area contributed by atoms with Crippen LogP contribution >= 0.6 is 31.9 Å². The molecule has 1 aliphatic heterocycles. The van der Waals surface area contributed by atoms with Gasteiger partial charge in [0.2, 0.25) is 0 Å². The molecule has 3 unspecified atom stereocenters. The minimum Gasteiger partial charge on any atom is -0.486 e. The average Bonchev–Trinajstić information content (AvgIpc) is 2.90. The second kappa shape index (κ2) is 4.66. The number of hydrogen-bond acceptors (Lipinski definition) is 2. The van der Waals surface area contributed by atoms with Crippen LogP contribution in [0.3, 0.4) is 0 Å². The first kappa shape index (κ1) is 12.5. The van der Waals surface area contributed by atoms with Gasteiger partial charge in [0.05, 0.1) is 0 Å². The normalized spacial score (nSPS) is 32.8. The molecular weight excluding hydrogens is 372 g/mol. The molecule has 1 heterocycles. The molecule has 0 bridgehead atoms. The van der Waals surface area contributed by atoms with Crippen molar-refractivity contribution in [3.05, 3.63) is 22.2 Å². The lowest BCUT2D eigenvalue weighted by Gasteiger charge is -2.22. The van der Waals surface area contributed by atoms with Gasteiger partial charge in [-0.25, -0.2) is 0 Å². The summed E-state index contributed by atoms with van der Waals surface area (Å²) in [6, 6.07) is 4.20. The number of ether oxygens (including phenoxy) is 2. The van der Waals surface area contributed by atoms with E-state index in [9.17, 15) is 0 Å². The van der Waals surface area contributed by atoms with Crippen LogP contribution in [0.25, 0.3) is 0 Å². The fourth-order valence-electron chi connectivity index (χ4n) is 3.81. The Labute approximate surface area is 130 Å². The van der Waals surface area contributed by atoms with Crippen LogP contribution in [0.5, 0.6) is 11.5 Å². The van der Waals surface area contributed by atoms with Crippen molar-refractivity contribution in [2.75, 3.05) is 13.2 Å². The van der Waals surface area contributed by atoms with Gasteiger partial charge >= 0.3 is 0 Å². The van der Waals surface area contributed by atoms with E-state index in [1.165, 1.54) is 24.8 Å². The van der Waals surface area contributed by atoms with Gasteiger partial charge in [-0.2, -0.15) is 0 Å². The van der Waals surface area contributed by atoms with Gasteiger partial charge in [0.25, 0.3) is 0 Å². The van der Waals surface area contributed by atoms with Crippen molar-refractivity contribution in [1.82, 2.24) is 0 Å². The molecule has 0 N–H and O–H groups in total. The highest BCUT2D eigenvalue weighted by Gasteiger charge is 2.55. The van der Waals surface area contributed by atoms with E-state index in [4.69, 9.17) is 9.47 Å². The molecule has 4 rings (SSSR count). The third-order valence-electron chi connectivity index (χ3n) is 4.77. The van der Waals surface area contributed by atoms with Gasteiger partial charge in [-0.15, -0.1) is 0 Å². The summed E-state index contributed by atoms with van der Waals surface area (Å²) in [5, 5.41) is 0. The van der Waals surface area contributed by atoms with E-state index in [0.717, 1.165) is 33.7 Å². The summed E-state index contributed by atoms with van der Waals surface area (Å²) in [5.41, 5.74) is 1.31. The van der Waals surface area contributed by atoms with Crippen LogP contribution in [0.2, 0.25) is 0 Å². The summed E-state index contributed by atoms with van der Waals surface area (Å²) >= 11 is 7.61. The molecule has 0 aromatic heterocycles. The number of benzene rings is 1. The summed E-state index contributed by atoms with van der Waals surface area (Å²) in [6.07, 6.45) is 4.26. The van der Waals surface area contributed by atoms with Crippen molar-refractivity contribution in [2.45, 2.75) is 24.1 Å². The second-order valence-electron chi connectivity index (χ2n) is 5.76. The van der Waals surface area contributed by atoms with Crippen LogP contribution < -0.4 is 9.47 Å². The number of alkyl halides is 1. The molecule has 3 aliphatic rings. The molecule has 2 aliphatic carbocycles. The van der Waals surface area contributed by atoms with Gasteiger partial charge in [-0.1, -0.05) is 38.3 Å². The Bertz CT molecular complexity index is 507. The number of fused-ring (bicyclic) bond motifs is 2. The van der Waals surface area contributed by atoms with Crippen molar-refractivity contribution in [3.8, 4) is 11.5 Å². The second-order valence-corrected chi connectivity index (χ2v) is 7.60. The van der Waals surface area contributed by atoms with E-state index in [1.807, 2.05) is 0 Å². The lowest BCUT2D eigenvalue weighted by Crippen LogP contribution is -2.15. The van der Waals surface area contributed by atoms with Gasteiger partial charge in [0.1, 0.15) is 13.2 Å². The summed E-state index contributed by atoms with van der Waals surface area (Å²) in [4.78, 5) is 0.438. The van der Waals surface area contributed by atoms with E-state index < -0.39 is 0 Å². The van der Waals surface area contributed by atoms with Gasteiger partial charge < -0.3 is 9.47 Å². The number of halogens is 2. The molecule has 1 aromatic rings. The van der Waals surface area contributed by atoms with E-state index >= 15 is 0 Å². The molecule has 0 saturated heterocycles. The molecule has 19 heavy (non-hydrogen) atoms. The van der Waals surface area contributed by atoms with Crippen molar-refractivity contribution in [2.24, 2.45) is 17.8 Å². The Morgan fingerprint density at radius 1 is 1.05 bits per heavy atom. The standard InChI is InChI=1S/C15H16Br2O2/c16-11-7-13-12(18-4-5-19-13)6-10(11)15(17)14-8-2-1-3-9(8)14/h6-9,14-15H,1-5H2. The van der Waals surface area contributed by atoms with Crippen LogP contribution in [0.4, 0.5) is 0 Å². The lowest BCUT2D eigenvalue weighted by atomic mass is 10.0. The van der Waals surface area contributed by atoms with Gasteiger partial charge in [-0.3, -0.25) is 0 Å². The fourth-order valence-corrected chi connectivity index (χ4v) is 5.85. The molecular formula is C15H16Br2O2. The maximum atomic E-state index is 5.70. The average molecular weight is 388 g/mol. The maximum absolute atomic E-state index is 5.70. The summed E-state index contributed by atoms with van der Waals surface area (Å²) in [7, 11) is 0. The maximum Gasteiger partial charge on any atom is 0.162 e. The highest BCUT2D eigenvalue weighted by atomic mass is 79.9. The monoisotopic (exact) mass is 386 g/mol. The van der Waals surface area contributed by atoms with Crippen molar-refractivity contribution in [1.29, 1.82) is 0 Å². The van der Waals surface area contributed by atoms with Crippen LogP contribution in [0, 0.1) is 17.8 Å². The summed E-state index contributed by atoms with van der Waals surface area (Å²) in [6.45, 7) is 1.29. The first-order chi connectivity index (χ1) is 9.25. The van der Waals surface area contributed by atoms with E-state index in [2.05, 4.69) is 44.0 Å². The quantitative estimate of drug-likeness (QED) is 0.684. The van der Waals surface area contributed by atoms with Crippen LogP contribution in [0.1, 0.15) is 29.7 Å². The Morgan fingerprint density at radius 3 is 2.37 bits per heavy atom. The van der Waals surface area contributed by atoms with Gasteiger partial charge in [-0.05, 0) is 48.3 Å². The minimum absolute atomic E-state index is 0.438. The predicted molar refractivity (Wildman–Crippen MR) is 81.1 cm³/mol. The zero-order chi connectivity index (χ0) is 13.0. The Morgan fingerprint density at radius 2 is 1.68 bits per heavy atom. The smallest absolute Gasteiger partial charge is 0.162 e. The van der Waals surface area contributed by atoms with Crippen LogP contribution in [-0.2, 0) is 0 Å². The molecule has 2 nitrogen and oxygen atoms in total. The fraction of sp³-hybridized carbons (Fsp3) is 0.600. The largest absolute Gasteiger partial charge is 0.486 e. The number of hydrogen-bond donors (Lipinski definition) is 0. The highest BCUT2D eigenvalue weighted by Crippen LogP contribution is 2.65. The zero-order valence-electron chi connectivity index (χ0n) is 10.6. The zero-order valence-corrected chi connectivity index (χ0v) is 13.7. The topological polar surface area (TPSA) is 18.5 Å². The minimum atomic E-state index is 0.438. The van der Waals surface area contributed by atoms with E-state index in [1.54, 1.807) is 0 Å². The van der Waals surface area contributed by atoms with Gasteiger partial charge in [0.15, 0.2) is 11.5 Å². The molecule has 2 fully saturated rings. The molecule has 0 spiro atoms. The number of rotatable bonds is 2. The first-order valence-corrected chi connectivity index (χ1v) is 8.69. The molecule has 4 heteroatoms. The van der Waals surface area contributed by atoms with E-state index in [0.29, 0.717) is 18.0 Å².